The molecule has 1 aromatic heterocycles. The summed E-state index contributed by atoms with van der Waals surface area (Å²) in [6.45, 7) is 11.0. The van der Waals surface area contributed by atoms with E-state index in [9.17, 15) is 0 Å². The molecule has 0 amide bonds. The average Bonchev–Trinajstić information content (AvgIpc) is 2.76. The van der Waals surface area contributed by atoms with E-state index in [1.807, 2.05) is 0 Å². The van der Waals surface area contributed by atoms with E-state index < -0.39 is 0 Å². The van der Waals surface area contributed by atoms with Crippen molar-refractivity contribution in [3.05, 3.63) is 11.9 Å². The molecule has 1 saturated carbocycles. The summed E-state index contributed by atoms with van der Waals surface area (Å²) in [4.78, 5) is 0. The van der Waals surface area contributed by atoms with Gasteiger partial charge in [0.05, 0.1) is 17.9 Å². The van der Waals surface area contributed by atoms with E-state index in [1.54, 1.807) is 0 Å². The van der Waals surface area contributed by atoms with Gasteiger partial charge in [0.25, 0.3) is 0 Å². The third-order valence-corrected chi connectivity index (χ3v) is 3.94. The van der Waals surface area contributed by atoms with E-state index in [0.29, 0.717) is 12.0 Å². The molecule has 1 aromatic rings. The SMILES string of the molecule is CC(C)CNCc1cn(C2CC(C)CC(C)C2)nn1. The first-order valence-corrected chi connectivity index (χ1v) is 7.66. The Kier molecular flexibility index (Phi) is 4.97. The Morgan fingerprint density at radius 3 is 2.58 bits per heavy atom. The summed E-state index contributed by atoms with van der Waals surface area (Å²) >= 11 is 0. The second-order valence-electron chi connectivity index (χ2n) is 6.79. The Morgan fingerprint density at radius 2 is 1.95 bits per heavy atom. The smallest absolute Gasteiger partial charge is 0.0964 e. The van der Waals surface area contributed by atoms with E-state index >= 15 is 0 Å². The fraction of sp³-hybridized carbons (Fsp3) is 0.867. The zero-order valence-electron chi connectivity index (χ0n) is 12.8. The first-order valence-electron chi connectivity index (χ1n) is 7.66. The first-order chi connectivity index (χ1) is 9.04. The molecule has 0 saturated heterocycles. The van der Waals surface area contributed by atoms with Crippen molar-refractivity contribution in [1.82, 2.24) is 20.3 Å². The summed E-state index contributed by atoms with van der Waals surface area (Å²) in [5, 5.41) is 12.0. The maximum absolute atomic E-state index is 4.33. The fourth-order valence-electron chi connectivity index (χ4n) is 3.18. The van der Waals surface area contributed by atoms with E-state index in [0.717, 1.165) is 30.6 Å². The minimum Gasteiger partial charge on any atom is -0.311 e. The lowest BCUT2D eigenvalue weighted by molar-refractivity contribution is 0.208. The molecule has 19 heavy (non-hydrogen) atoms. The molecular weight excluding hydrogens is 236 g/mol. The van der Waals surface area contributed by atoms with Gasteiger partial charge in [-0.15, -0.1) is 5.10 Å². The van der Waals surface area contributed by atoms with Crippen LogP contribution in [-0.2, 0) is 6.54 Å². The quantitative estimate of drug-likeness (QED) is 0.889. The van der Waals surface area contributed by atoms with Crippen LogP contribution in [0, 0.1) is 17.8 Å². The summed E-state index contributed by atoms with van der Waals surface area (Å²) in [6.07, 6.45) is 5.97. The molecule has 2 atom stereocenters. The number of rotatable bonds is 5. The molecule has 4 nitrogen and oxygen atoms in total. The van der Waals surface area contributed by atoms with Crippen LogP contribution in [-0.4, -0.2) is 21.5 Å². The zero-order chi connectivity index (χ0) is 13.8. The van der Waals surface area contributed by atoms with Gasteiger partial charge in [-0.2, -0.15) is 0 Å². The lowest BCUT2D eigenvalue weighted by atomic mass is 9.80. The summed E-state index contributed by atoms with van der Waals surface area (Å²) in [6, 6.07) is 0.546. The van der Waals surface area contributed by atoms with Gasteiger partial charge in [-0.05, 0) is 43.6 Å². The molecular formula is C15H28N4. The van der Waals surface area contributed by atoms with Crippen molar-refractivity contribution in [2.45, 2.75) is 59.5 Å². The third-order valence-electron chi connectivity index (χ3n) is 3.94. The number of aromatic nitrogens is 3. The second-order valence-corrected chi connectivity index (χ2v) is 6.79. The van der Waals surface area contributed by atoms with Crippen molar-refractivity contribution in [3.8, 4) is 0 Å². The van der Waals surface area contributed by atoms with Crippen molar-refractivity contribution >= 4 is 0 Å². The highest BCUT2D eigenvalue weighted by molar-refractivity contribution is 4.94. The standard InChI is InChI=1S/C15H28N4/c1-11(2)8-16-9-14-10-19(18-17-14)15-6-12(3)5-13(4)7-15/h10-13,15-16H,5-9H2,1-4H3. The highest BCUT2D eigenvalue weighted by Gasteiger charge is 2.25. The molecule has 0 aromatic carbocycles. The molecule has 1 aliphatic rings. The minimum atomic E-state index is 0.546. The highest BCUT2D eigenvalue weighted by atomic mass is 15.4. The van der Waals surface area contributed by atoms with Gasteiger partial charge in [-0.1, -0.05) is 32.9 Å². The lowest BCUT2D eigenvalue weighted by Crippen LogP contribution is -2.23. The van der Waals surface area contributed by atoms with E-state index in [2.05, 4.69) is 54.2 Å². The molecule has 108 valence electrons. The van der Waals surface area contributed by atoms with Crippen LogP contribution >= 0.6 is 0 Å². The molecule has 1 aliphatic carbocycles. The second kappa shape index (κ2) is 6.51. The van der Waals surface area contributed by atoms with Crippen LogP contribution in [0.2, 0.25) is 0 Å². The van der Waals surface area contributed by atoms with Crippen molar-refractivity contribution in [2.75, 3.05) is 6.54 Å². The van der Waals surface area contributed by atoms with Gasteiger partial charge in [0.1, 0.15) is 0 Å². The molecule has 0 radical (unpaired) electrons. The van der Waals surface area contributed by atoms with Gasteiger partial charge in [-0.25, -0.2) is 4.68 Å². The van der Waals surface area contributed by atoms with E-state index in [-0.39, 0.29) is 0 Å². The molecule has 2 unspecified atom stereocenters. The fourth-order valence-corrected chi connectivity index (χ4v) is 3.18. The number of hydrogen-bond donors (Lipinski definition) is 1. The molecule has 1 N–H and O–H groups in total. The topological polar surface area (TPSA) is 42.7 Å². The maximum atomic E-state index is 4.33. The minimum absolute atomic E-state index is 0.546. The van der Waals surface area contributed by atoms with Crippen LogP contribution in [0.5, 0.6) is 0 Å². The molecule has 4 heteroatoms. The summed E-state index contributed by atoms with van der Waals surface area (Å²) in [5.74, 6) is 2.29. The van der Waals surface area contributed by atoms with Gasteiger partial charge >= 0.3 is 0 Å². The monoisotopic (exact) mass is 264 g/mol. The van der Waals surface area contributed by atoms with Crippen LogP contribution in [0.25, 0.3) is 0 Å². The van der Waals surface area contributed by atoms with Crippen LogP contribution in [0.3, 0.4) is 0 Å². The van der Waals surface area contributed by atoms with Crippen molar-refractivity contribution < 1.29 is 0 Å². The maximum Gasteiger partial charge on any atom is 0.0964 e. The molecule has 1 heterocycles. The zero-order valence-corrected chi connectivity index (χ0v) is 12.8. The number of nitrogens with one attached hydrogen (secondary N) is 1. The molecule has 1 fully saturated rings. The molecule has 0 bridgehead atoms. The summed E-state index contributed by atoms with van der Waals surface area (Å²) in [7, 11) is 0. The van der Waals surface area contributed by atoms with Crippen molar-refractivity contribution in [1.29, 1.82) is 0 Å². The van der Waals surface area contributed by atoms with Gasteiger partial charge in [0, 0.05) is 6.54 Å². The normalized spacial score (nSPS) is 27.9. The molecule has 0 aliphatic heterocycles. The Labute approximate surface area is 117 Å². The predicted octanol–water partition coefficient (Wildman–Crippen LogP) is 3.02. The number of hydrogen-bond acceptors (Lipinski definition) is 3. The Balaban J connectivity index is 1.89. The van der Waals surface area contributed by atoms with Crippen LogP contribution in [0.1, 0.15) is 58.7 Å². The van der Waals surface area contributed by atoms with Gasteiger partial charge in [-0.3, -0.25) is 0 Å². The Bertz CT molecular complexity index is 375. The Morgan fingerprint density at radius 1 is 1.26 bits per heavy atom. The first kappa shape index (κ1) is 14.5. The average molecular weight is 264 g/mol. The van der Waals surface area contributed by atoms with Crippen molar-refractivity contribution in [3.63, 3.8) is 0 Å². The predicted molar refractivity (Wildman–Crippen MR) is 77.8 cm³/mol. The Hall–Kier alpha value is -0.900. The number of nitrogens with zero attached hydrogens (tertiary/aromatic N) is 3. The van der Waals surface area contributed by atoms with E-state index in [1.165, 1.54) is 19.3 Å². The molecule has 2 rings (SSSR count). The highest BCUT2D eigenvalue weighted by Crippen LogP contribution is 2.35. The van der Waals surface area contributed by atoms with E-state index in [4.69, 9.17) is 0 Å². The van der Waals surface area contributed by atoms with Gasteiger partial charge in [0.15, 0.2) is 0 Å². The summed E-state index contributed by atoms with van der Waals surface area (Å²) < 4.78 is 2.10. The third kappa shape index (κ3) is 4.30. The van der Waals surface area contributed by atoms with Gasteiger partial charge in [0.2, 0.25) is 0 Å². The summed E-state index contributed by atoms with van der Waals surface area (Å²) in [5.41, 5.74) is 1.06. The van der Waals surface area contributed by atoms with Crippen LogP contribution in [0.15, 0.2) is 6.20 Å². The van der Waals surface area contributed by atoms with Crippen LogP contribution < -0.4 is 5.32 Å². The molecule has 0 spiro atoms. The largest absolute Gasteiger partial charge is 0.311 e. The lowest BCUT2D eigenvalue weighted by Gasteiger charge is -2.31. The van der Waals surface area contributed by atoms with Crippen LogP contribution in [0.4, 0.5) is 0 Å². The van der Waals surface area contributed by atoms with Crippen molar-refractivity contribution in [2.24, 2.45) is 17.8 Å². The van der Waals surface area contributed by atoms with Gasteiger partial charge < -0.3 is 5.32 Å².